The van der Waals surface area contributed by atoms with E-state index in [1.165, 1.54) is 18.6 Å². The molecule has 2 aromatic heterocycles. The SMILES string of the molecule is O=C(O)CCN(c1ccc(C(=O)Nc2c(Cl)cncc2Cl)cc1)c1cc(Cl)cnc1Cl. The first-order chi connectivity index (χ1) is 14.8. The number of carbonyl (C=O) groups is 2. The van der Waals surface area contributed by atoms with Gasteiger partial charge in [0.05, 0.1) is 32.9 Å². The minimum absolute atomic E-state index is 0.116. The van der Waals surface area contributed by atoms with Gasteiger partial charge >= 0.3 is 5.97 Å². The zero-order valence-corrected chi connectivity index (χ0v) is 18.7. The van der Waals surface area contributed by atoms with Crippen molar-refractivity contribution in [3.63, 3.8) is 0 Å². The summed E-state index contributed by atoms with van der Waals surface area (Å²) < 4.78 is 0. The van der Waals surface area contributed by atoms with Gasteiger partial charge in [-0.1, -0.05) is 46.4 Å². The third kappa shape index (κ3) is 5.77. The fourth-order valence-electron chi connectivity index (χ4n) is 2.71. The Morgan fingerprint density at radius 3 is 2.26 bits per heavy atom. The van der Waals surface area contributed by atoms with Crippen molar-refractivity contribution >= 4 is 75.3 Å². The summed E-state index contributed by atoms with van der Waals surface area (Å²) in [7, 11) is 0. The highest BCUT2D eigenvalue weighted by Gasteiger charge is 2.17. The first kappa shape index (κ1) is 23.1. The average molecular weight is 500 g/mol. The number of nitrogens with zero attached hydrogens (tertiary/aromatic N) is 3. The molecule has 0 saturated heterocycles. The van der Waals surface area contributed by atoms with Crippen molar-refractivity contribution in [1.82, 2.24) is 9.97 Å². The summed E-state index contributed by atoms with van der Waals surface area (Å²) in [4.78, 5) is 33.2. The molecule has 1 amide bonds. The highest BCUT2D eigenvalue weighted by molar-refractivity contribution is 6.39. The summed E-state index contributed by atoms with van der Waals surface area (Å²) in [6, 6.07) is 8.06. The van der Waals surface area contributed by atoms with E-state index in [0.29, 0.717) is 22.0 Å². The summed E-state index contributed by atoms with van der Waals surface area (Å²) in [5.74, 6) is -1.40. The number of anilines is 3. The first-order valence-corrected chi connectivity index (χ1v) is 10.3. The summed E-state index contributed by atoms with van der Waals surface area (Å²) in [6.07, 6.45) is 3.99. The number of nitrogens with one attached hydrogen (secondary N) is 1. The van der Waals surface area contributed by atoms with Crippen LogP contribution in [0, 0.1) is 0 Å². The van der Waals surface area contributed by atoms with E-state index in [-0.39, 0.29) is 33.9 Å². The minimum Gasteiger partial charge on any atom is -0.481 e. The Hall–Kier alpha value is -2.58. The van der Waals surface area contributed by atoms with Crippen LogP contribution in [0.5, 0.6) is 0 Å². The average Bonchev–Trinajstić information content (AvgIpc) is 2.73. The lowest BCUT2D eigenvalue weighted by Crippen LogP contribution is -2.22. The molecule has 0 aliphatic carbocycles. The maximum Gasteiger partial charge on any atom is 0.305 e. The van der Waals surface area contributed by atoms with Crippen LogP contribution in [0.2, 0.25) is 20.2 Å². The number of rotatable bonds is 7. The van der Waals surface area contributed by atoms with E-state index in [2.05, 4.69) is 15.3 Å². The maximum atomic E-state index is 12.6. The van der Waals surface area contributed by atoms with Gasteiger partial charge in [-0.3, -0.25) is 14.6 Å². The van der Waals surface area contributed by atoms with E-state index < -0.39 is 11.9 Å². The molecule has 0 unspecified atom stereocenters. The van der Waals surface area contributed by atoms with Crippen molar-refractivity contribution < 1.29 is 14.7 Å². The quantitative estimate of drug-likeness (QED) is 0.389. The number of aromatic nitrogens is 2. The lowest BCUT2D eigenvalue weighted by Gasteiger charge is -2.25. The molecule has 1 aromatic carbocycles. The van der Waals surface area contributed by atoms with Crippen LogP contribution in [0.1, 0.15) is 16.8 Å². The molecular formula is C20H14Cl4N4O3. The van der Waals surface area contributed by atoms with Crippen molar-refractivity contribution in [2.75, 3.05) is 16.8 Å². The van der Waals surface area contributed by atoms with Gasteiger partial charge in [0.2, 0.25) is 0 Å². The van der Waals surface area contributed by atoms with Crippen molar-refractivity contribution in [3.8, 4) is 0 Å². The van der Waals surface area contributed by atoms with E-state index in [0.717, 1.165) is 0 Å². The van der Waals surface area contributed by atoms with Crippen molar-refractivity contribution in [2.24, 2.45) is 0 Å². The minimum atomic E-state index is -0.974. The maximum absolute atomic E-state index is 12.6. The fourth-order valence-corrected chi connectivity index (χ4v) is 3.52. The van der Waals surface area contributed by atoms with Gasteiger partial charge in [-0.15, -0.1) is 0 Å². The third-order valence-corrected chi connectivity index (χ3v) is 5.23. The second-order valence-electron chi connectivity index (χ2n) is 6.24. The molecule has 0 spiro atoms. The molecular weight excluding hydrogens is 486 g/mol. The number of benzene rings is 1. The molecule has 0 atom stereocenters. The number of amides is 1. The Bertz CT molecular complexity index is 1110. The van der Waals surface area contributed by atoms with Gasteiger partial charge < -0.3 is 15.3 Å². The normalized spacial score (nSPS) is 10.6. The molecule has 3 rings (SSSR count). The van der Waals surface area contributed by atoms with Gasteiger partial charge in [-0.25, -0.2) is 4.98 Å². The van der Waals surface area contributed by atoms with Crippen LogP contribution in [0.25, 0.3) is 0 Å². The van der Waals surface area contributed by atoms with Crippen LogP contribution in [-0.4, -0.2) is 33.5 Å². The molecule has 2 heterocycles. The van der Waals surface area contributed by atoms with Crippen LogP contribution in [0.15, 0.2) is 48.9 Å². The summed E-state index contributed by atoms with van der Waals surface area (Å²) in [6.45, 7) is 0.116. The molecule has 0 aliphatic rings. The predicted octanol–water partition coefficient (Wildman–Crippen LogP) is 5.96. The molecule has 11 heteroatoms. The standard InChI is InChI=1S/C20H14Cl4N4O3/c21-12-7-16(19(24)26-8-12)28(6-5-17(29)30)13-3-1-11(2-4-13)20(31)27-18-14(22)9-25-10-15(18)23/h1-4,7-10H,5-6H2,(H,29,30)(H,25,27,31). The second kappa shape index (κ2) is 10.2. The zero-order chi connectivity index (χ0) is 22.5. The number of carboxylic acid groups (broad SMARTS) is 1. The monoisotopic (exact) mass is 498 g/mol. The Morgan fingerprint density at radius 1 is 1.00 bits per heavy atom. The summed E-state index contributed by atoms with van der Waals surface area (Å²) >= 11 is 24.3. The molecule has 0 radical (unpaired) electrons. The number of halogens is 4. The molecule has 0 bridgehead atoms. The molecule has 0 fully saturated rings. The molecule has 31 heavy (non-hydrogen) atoms. The molecule has 7 nitrogen and oxygen atoms in total. The molecule has 3 aromatic rings. The number of hydrogen-bond donors (Lipinski definition) is 2. The number of aliphatic carboxylic acids is 1. The smallest absolute Gasteiger partial charge is 0.305 e. The highest BCUT2D eigenvalue weighted by Crippen LogP contribution is 2.33. The third-order valence-electron chi connectivity index (χ3n) is 4.16. The zero-order valence-electron chi connectivity index (χ0n) is 15.7. The number of carbonyl (C=O) groups excluding carboxylic acids is 1. The van der Waals surface area contributed by atoms with Gasteiger partial charge in [0.1, 0.15) is 0 Å². The summed E-state index contributed by atoms with van der Waals surface area (Å²) in [5, 5.41) is 12.7. The highest BCUT2D eigenvalue weighted by atomic mass is 35.5. The number of hydrogen-bond acceptors (Lipinski definition) is 5. The van der Waals surface area contributed by atoms with Crippen molar-refractivity contribution in [1.29, 1.82) is 0 Å². The van der Waals surface area contributed by atoms with Crippen LogP contribution in [0.3, 0.4) is 0 Å². The van der Waals surface area contributed by atoms with Gasteiger partial charge in [0.15, 0.2) is 5.15 Å². The van der Waals surface area contributed by atoms with Crippen molar-refractivity contribution in [2.45, 2.75) is 6.42 Å². The largest absolute Gasteiger partial charge is 0.481 e. The number of pyridine rings is 2. The van der Waals surface area contributed by atoms with E-state index in [1.54, 1.807) is 35.2 Å². The van der Waals surface area contributed by atoms with E-state index in [9.17, 15) is 9.59 Å². The Kier molecular flexibility index (Phi) is 7.56. The van der Waals surface area contributed by atoms with Gasteiger partial charge in [0.25, 0.3) is 5.91 Å². The van der Waals surface area contributed by atoms with Gasteiger partial charge in [0, 0.05) is 36.4 Å². The van der Waals surface area contributed by atoms with Crippen LogP contribution in [-0.2, 0) is 4.79 Å². The molecule has 2 N–H and O–H groups in total. The molecule has 0 aliphatic heterocycles. The predicted molar refractivity (Wildman–Crippen MR) is 122 cm³/mol. The topological polar surface area (TPSA) is 95.4 Å². The Balaban J connectivity index is 1.88. The summed E-state index contributed by atoms with van der Waals surface area (Å²) in [5.41, 5.74) is 1.64. The van der Waals surface area contributed by atoms with Crippen LogP contribution < -0.4 is 10.2 Å². The van der Waals surface area contributed by atoms with Crippen molar-refractivity contribution in [3.05, 3.63) is 74.7 Å². The van der Waals surface area contributed by atoms with E-state index in [4.69, 9.17) is 51.5 Å². The lowest BCUT2D eigenvalue weighted by molar-refractivity contribution is -0.136. The Morgan fingerprint density at radius 2 is 1.65 bits per heavy atom. The van der Waals surface area contributed by atoms with E-state index >= 15 is 0 Å². The second-order valence-corrected chi connectivity index (χ2v) is 7.85. The van der Waals surface area contributed by atoms with E-state index in [1.807, 2.05) is 0 Å². The number of carboxylic acids is 1. The first-order valence-electron chi connectivity index (χ1n) is 8.77. The van der Waals surface area contributed by atoms with Crippen LogP contribution >= 0.6 is 46.4 Å². The fraction of sp³-hybridized carbons (Fsp3) is 0.100. The lowest BCUT2D eigenvalue weighted by atomic mass is 10.1. The van der Waals surface area contributed by atoms with Gasteiger partial charge in [-0.05, 0) is 30.3 Å². The van der Waals surface area contributed by atoms with Crippen LogP contribution in [0.4, 0.5) is 17.1 Å². The van der Waals surface area contributed by atoms with Gasteiger partial charge in [-0.2, -0.15) is 0 Å². The Labute approximate surface area is 197 Å². The molecule has 160 valence electrons. The molecule has 0 saturated carbocycles.